The van der Waals surface area contributed by atoms with Crippen molar-refractivity contribution >= 4 is 11.4 Å². The summed E-state index contributed by atoms with van der Waals surface area (Å²) in [4.78, 5) is 8.78. The predicted octanol–water partition coefficient (Wildman–Crippen LogP) is 3.68. The van der Waals surface area contributed by atoms with E-state index < -0.39 is 0 Å². The molecule has 6 heteroatoms. The van der Waals surface area contributed by atoms with Gasteiger partial charge in [-0.3, -0.25) is 0 Å². The first-order valence-electron chi connectivity index (χ1n) is 7.86. The maximum atomic E-state index is 5.97. The Balaban J connectivity index is 1.72. The van der Waals surface area contributed by atoms with Crippen LogP contribution in [0.2, 0.25) is 0 Å². The van der Waals surface area contributed by atoms with Gasteiger partial charge in [-0.05, 0) is 6.42 Å². The van der Waals surface area contributed by atoms with E-state index in [0.29, 0.717) is 17.3 Å². The second-order valence-electron chi connectivity index (χ2n) is 5.48. The summed E-state index contributed by atoms with van der Waals surface area (Å²) in [5.41, 5.74) is 8.94. The molecule has 2 heterocycles. The first kappa shape index (κ1) is 15.0. The average molecular weight is 329 g/mol. The lowest BCUT2D eigenvalue weighted by atomic mass is 10.1. The lowest BCUT2D eigenvalue weighted by molar-refractivity contribution is 0.550. The fraction of sp³-hybridized carbons (Fsp3) is 0.0526. The third kappa shape index (κ3) is 3.10. The standard InChI is InChI=1S/C19H15N5O/c20-17-16(22-15(12-21-17)13-8-6-3-7-9-13)19-24-23-18(25-19)14-10-4-1-2-5-11-14/h1-10,12H,11H2,(H2,20,21). The molecule has 0 saturated heterocycles. The number of anilines is 1. The minimum Gasteiger partial charge on any atom is -0.415 e. The van der Waals surface area contributed by atoms with Gasteiger partial charge in [-0.25, -0.2) is 9.97 Å². The van der Waals surface area contributed by atoms with E-state index in [1.54, 1.807) is 6.20 Å². The second kappa shape index (κ2) is 6.52. The highest BCUT2D eigenvalue weighted by atomic mass is 16.4. The molecule has 0 saturated carbocycles. The number of nitrogens with zero attached hydrogens (tertiary/aromatic N) is 4. The molecule has 0 spiro atoms. The normalized spacial score (nSPS) is 13.5. The fourth-order valence-corrected chi connectivity index (χ4v) is 2.49. The number of nitrogens with two attached hydrogens (primary N) is 1. The molecular formula is C19H15N5O. The largest absolute Gasteiger partial charge is 0.415 e. The molecule has 0 radical (unpaired) electrons. The van der Waals surface area contributed by atoms with Gasteiger partial charge in [0.2, 0.25) is 5.89 Å². The second-order valence-corrected chi connectivity index (χ2v) is 5.48. The van der Waals surface area contributed by atoms with Gasteiger partial charge < -0.3 is 10.2 Å². The van der Waals surface area contributed by atoms with Crippen LogP contribution in [0.4, 0.5) is 5.82 Å². The molecule has 0 amide bonds. The van der Waals surface area contributed by atoms with Crippen molar-refractivity contribution in [2.75, 3.05) is 5.73 Å². The summed E-state index contributed by atoms with van der Waals surface area (Å²) in [6.45, 7) is 0. The van der Waals surface area contributed by atoms with Gasteiger partial charge in [-0.1, -0.05) is 60.7 Å². The van der Waals surface area contributed by atoms with Gasteiger partial charge in [0.05, 0.1) is 11.9 Å². The van der Waals surface area contributed by atoms with Crippen LogP contribution in [0.5, 0.6) is 0 Å². The summed E-state index contributed by atoms with van der Waals surface area (Å²) in [7, 11) is 0. The smallest absolute Gasteiger partial charge is 0.270 e. The molecule has 25 heavy (non-hydrogen) atoms. The van der Waals surface area contributed by atoms with Crippen LogP contribution in [0.25, 0.3) is 28.4 Å². The van der Waals surface area contributed by atoms with Crippen LogP contribution in [0.3, 0.4) is 0 Å². The minimum absolute atomic E-state index is 0.254. The summed E-state index contributed by atoms with van der Waals surface area (Å²) in [6.07, 6.45) is 12.2. The van der Waals surface area contributed by atoms with Crippen LogP contribution in [0.1, 0.15) is 12.3 Å². The Bertz CT molecular complexity index is 986. The zero-order valence-corrected chi connectivity index (χ0v) is 13.3. The van der Waals surface area contributed by atoms with Gasteiger partial charge in [0.15, 0.2) is 11.5 Å². The van der Waals surface area contributed by atoms with E-state index in [1.807, 2.05) is 60.7 Å². The van der Waals surface area contributed by atoms with E-state index in [1.165, 1.54) is 0 Å². The third-order valence-electron chi connectivity index (χ3n) is 3.77. The fourth-order valence-electron chi connectivity index (χ4n) is 2.49. The predicted molar refractivity (Wildman–Crippen MR) is 96.0 cm³/mol. The van der Waals surface area contributed by atoms with E-state index >= 15 is 0 Å². The van der Waals surface area contributed by atoms with E-state index in [9.17, 15) is 0 Å². The molecule has 0 bridgehead atoms. The first-order valence-corrected chi connectivity index (χ1v) is 7.86. The third-order valence-corrected chi connectivity index (χ3v) is 3.77. The molecular weight excluding hydrogens is 314 g/mol. The lowest BCUT2D eigenvalue weighted by Gasteiger charge is -2.04. The van der Waals surface area contributed by atoms with Crippen LogP contribution in [0.15, 0.2) is 71.3 Å². The summed E-state index contributed by atoms with van der Waals surface area (Å²) in [5.74, 6) is 0.970. The van der Waals surface area contributed by atoms with Crippen molar-refractivity contribution in [3.8, 4) is 22.8 Å². The van der Waals surface area contributed by atoms with Gasteiger partial charge >= 0.3 is 0 Å². The number of aromatic nitrogens is 4. The number of hydrogen-bond acceptors (Lipinski definition) is 6. The van der Waals surface area contributed by atoms with Crippen molar-refractivity contribution in [1.82, 2.24) is 20.2 Å². The Morgan fingerprint density at radius 3 is 2.68 bits per heavy atom. The Labute approximate surface area is 144 Å². The molecule has 2 aromatic heterocycles. The molecule has 3 aromatic rings. The van der Waals surface area contributed by atoms with Crippen molar-refractivity contribution in [3.63, 3.8) is 0 Å². The van der Waals surface area contributed by atoms with Gasteiger partial charge in [0.1, 0.15) is 0 Å². The van der Waals surface area contributed by atoms with E-state index in [0.717, 1.165) is 17.6 Å². The molecule has 1 aliphatic carbocycles. The highest BCUT2D eigenvalue weighted by molar-refractivity contribution is 5.69. The van der Waals surface area contributed by atoms with Gasteiger partial charge in [0, 0.05) is 11.1 Å². The molecule has 0 atom stereocenters. The van der Waals surface area contributed by atoms with E-state index in [2.05, 4.69) is 20.2 Å². The van der Waals surface area contributed by atoms with Crippen molar-refractivity contribution in [2.24, 2.45) is 0 Å². The summed E-state index contributed by atoms with van der Waals surface area (Å²) in [6, 6.07) is 9.74. The number of hydrogen-bond donors (Lipinski definition) is 1. The Kier molecular flexibility index (Phi) is 3.92. The van der Waals surface area contributed by atoms with Crippen molar-refractivity contribution < 1.29 is 4.42 Å². The first-order chi connectivity index (χ1) is 12.3. The number of rotatable bonds is 3. The van der Waals surface area contributed by atoms with E-state index in [4.69, 9.17) is 10.2 Å². The van der Waals surface area contributed by atoms with Gasteiger partial charge in [0.25, 0.3) is 5.89 Å². The summed E-state index contributed by atoms with van der Waals surface area (Å²) >= 11 is 0. The maximum Gasteiger partial charge on any atom is 0.270 e. The van der Waals surface area contributed by atoms with Gasteiger partial charge in [-0.2, -0.15) is 0 Å². The Morgan fingerprint density at radius 1 is 0.960 bits per heavy atom. The highest BCUT2D eigenvalue weighted by Crippen LogP contribution is 2.27. The summed E-state index contributed by atoms with van der Waals surface area (Å²) in [5, 5.41) is 8.23. The maximum absolute atomic E-state index is 5.97. The molecule has 0 unspecified atom stereocenters. The Hall–Kier alpha value is -3.54. The SMILES string of the molecule is Nc1ncc(-c2ccccc2)nc1-c1nnc(C2=CC=CC=CC2)o1. The van der Waals surface area contributed by atoms with Crippen LogP contribution in [0, 0.1) is 0 Å². The van der Waals surface area contributed by atoms with Crippen LogP contribution < -0.4 is 5.73 Å². The van der Waals surface area contributed by atoms with Crippen LogP contribution in [-0.2, 0) is 0 Å². The molecule has 2 N–H and O–H groups in total. The molecule has 1 aromatic carbocycles. The lowest BCUT2D eigenvalue weighted by Crippen LogP contribution is -1.99. The monoisotopic (exact) mass is 329 g/mol. The van der Waals surface area contributed by atoms with Gasteiger partial charge in [-0.15, -0.1) is 10.2 Å². The quantitative estimate of drug-likeness (QED) is 0.788. The minimum atomic E-state index is 0.254. The molecule has 6 nitrogen and oxygen atoms in total. The zero-order valence-electron chi connectivity index (χ0n) is 13.3. The van der Waals surface area contributed by atoms with Crippen LogP contribution >= 0.6 is 0 Å². The average Bonchev–Trinajstić information content (AvgIpc) is 2.98. The highest BCUT2D eigenvalue weighted by Gasteiger charge is 2.17. The summed E-state index contributed by atoms with van der Waals surface area (Å²) < 4.78 is 5.80. The molecule has 4 rings (SSSR count). The van der Waals surface area contributed by atoms with Crippen molar-refractivity contribution in [2.45, 2.75) is 6.42 Å². The number of allylic oxidation sites excluding steroid dienone is 6. The van der Waals surface area contributed by atoms with E-state index in [-0.39, 0.29) is 11.7 Å². The number of nitrogen functional groups attached to an aromatic ring is 1. The molecule has 122 valence electrons. The topological polar surface area (TPSA) is 90.7 Å². The molecule has 0 aliphatic heterocycles. The van der Waals surface area contributed by atoms with Crippen LogP contribution in [-0.4, -0.2) is 20.2 Å². The number of benzene rings is 1. The molecule has 0 fully saturated rings. The van der Waals surface area contributed by atoms with Crippen molar-refractivity contribution in [3.05, 3.63) is 72.8 Å². The Morgan fingerprint density at radius 2 is 1.80 bits per heavy atom. The molecule has 1 aliphatic rings. The van der Waals surface area contributed by atoms with Crippen molar-refractivity contribution in [1.29, 1.82) is 0 Å². The zero-order chi connectivity index (χ0) is 17.1.